The van der Waals surface area contributed by atoms with E-state index in [2.05, 4.69) is 20.6 Å². The number of hydrogen-bond acceptors (Lipinski definition) is 3. The van der Waals surface area contributed by atoms with E-state index in [1.807, 2.05) is 72.9 Å². The van der Waals surface area contributed by atoms with Crippen molar-refractivity contribution in [1.29, 1.82) is 0 Å². The topological polar surface area (TPSA) is 69.8 Å². The Bertz CT molecular complexity index is 1020. The van der Waals surface area contributed by atoms with E-state index in [-0.39, 0.29) is 5.91 Å². The molecule has 0 aliphatic carbocycles. The highest BCUT2D eigenvalue weighted by Gasteiger charge is 2.09. The summed E-state index contributed by atoms with van der Waals surface area (Å²) in [6.07, 6.45) is 3.85. The quantitative estimate of drug-likeness (QED) is 0.500. The van der Waals surface area contributed by atoms with Crippen molar-refractivity contribution in [1.82, 2.24) is 9.97 Å². The zero-order valence-electron chi connectivity index (χ0n) is 14.1. The van der Waals surface area contributed by atoms with Crippen LogP contribution in [-0.2, 0) is 11.2 Å². The highest BCUT2D eigenvalue weighted by Crippen LogP contribution is 2.19. The normalized spacial score (nSPS) is 10.6. The Balaban J connectivity index is 1.40. The summed E-state index contributed by atoms with van der Waals surface area (Å²) in [6.45, 7) is 0. The minimum absolute atomic E-state index is 0.0691. The maximum Gasteiger partial charge on any atom is 0.228 e. The number of H-pyrrole nitrogens is 1. The summed E-state index contributed by atoms with van der Waals surface area (Å²) in [7, 11) is 0. The molecular weight excluding hydrogens is 324 g/mol. The molecule has 4 aromatic rings. The Morgan fingerprint density at radius 2 is 1.73 bits per heavy atom. The van der Waals surface area contributed by atoms with E-state index in [1.54, 1.807) is 6.20 Å². The van der Waals surface area contributed by atoms with E-state index in [0.717, 1.165) is 28.0 Å². The Kier molecular flexibility index (Phi) is 4.35. The summed E-state index contributed by atoms with van der Waals surface area (Å²) < 4.78 is 0. The maximum absolute atomic E-state index is 12.3. The maximum atomic E-state index is 12.3. The van der Waals surface area contributed by atoms with E-state index < -0.39 is 0 Å². The molecule has 0 atom stereocenters. The minimum atomic E-state index is -0.0691. The molecule has 1 amide bonds. The van der Waals surface area contributed by atoms with E-state index in [0.29, 0.717) is 12.1 Å². The third-order valence-corrected chi connectivity index (χ3v) is 4.12. The van der Waals surface area contributed by atoms with Gasteiger partial charge < -0.3 is 15.6 Å². The number of amides is 1. The molecule has 0 aliphatic heterocycles. The fourth-order valence-corrected chi connectivity index (χ4v) is 2.87. The largest absolute Gasteiger partial charge is 0.361 e. The van der Waals surface area contributed by atoms with Crippen LogP contribution >= 0.6 is 0 Å². The first-order valence-electron chi connectivity index (χ1n) is 8.41. The number of aromatic nitrogens is 2. The van der Waals surface area contributed by atoms with Crippen molar-refractivity contribution in [3.63, 3.8) is 0 Å². The summed E-state index contributed by atoms with van der Waals surface area (Å²) in [5.41, 5.74) is 3.66. The number of anilines is 3. The zero-order chi connectivity index (χ0) is 17.8. The van der Waals surface area contributed by atoms with Crippen LogP contribution in [0.25, 0.3) is 10.9 Å². The van der Waals surface area contributed by atoms with Crippen LogP contribution in [0.2, 0.25) is 0 Å². The zero-order valence-corrected chi connectivity index (χ0v) is 14.1. The number of aromatic amines is 1. The molecule has 2 aromatic carbocycles. The van der Waals surface area contributed by atoms with Gasteiger partial charge in [-0.15, -0.1) is 0 Å². The average Bonchev–Trinajstić information content (AvgIpc) is 3.07. The van der Waals surface area contributed by atoms with Crippen molar-refractivity contribution in [2.75, 3.05) is 10.6 Å². The molecule has 26 heavy (non-hydrogen) atoms. The van der Waals surface area contributed by atoms with Crippen LogP contribution in [0.15, 0.2) is 79.1 Å². The summed E-state index contributed by atoms with van der Waals surface area (Å²) in [5, 5.41) is 7.18. The molecule has 5 nitrogen and oxygen atoms in total. The number of hydrogen-bond donors (Lipinski definition) is 3. The van der Waals surface area contributed by atoms with Crippen molar-refractivity contribution < 1.29 is 4.79 Å². The summed E-state index contributed by atoms with van der Waals surface area (Å²) in [5.74, 6) is 0.658. The van der Waals surface area contributed by atoms with Crippen molar-refractivity contribution in [2.24, 2.45) is 0 Å². The molecule has 0 fully saturated rings. The van der Waals surface area contributed by atoms with Crippen molar-refractivity contribution in [3.05, 3.63) is 84.7 Å². The van der Waals surface area contributed by atoms with Gasteiger partial charge in [0.1, 0.15) is 5.82 Å². The van der Waals surface area contributed by atoms with Gasteiger partial charge in [-0.25, -0.2) is 4.98 Å². The minimum Gasteiger partial charge on any atom is -0.361 e. The standard InChI is InChI=1S/C21H18N4O/c26-21(12-15-13-22-19-9-5-4-8-18(15)19)25-17-10-11-20(23-14-17)24-16-6-2-1-3-7-16/h1-11,13-14,22H,12H2,(H,23,24)(H,25,26). The van der Waals surface area contributed by atoms with Gasteiger partial charge in [-0.05, 0) is 35.9 Å². The second-order valence-corrected chi connectivity index (χ2v) is 6.01. The molecule has 2 aromatic heterocycles. The van der Waals surface area contributed by atoms with Crippen LogP contribution in [0.4, 0.5) is 17.2 Å². The monoisotopic (exact) mass is 342 g/mol. The molecule has 0 saturated carbocycles. The molecule has 5 heteroatoms. The molecule has 0 aliphatic rings. The van der Waals surface area contributed by atoms with Crippen molar-refractivity contribution >= 4 is 34.0 Å². The Morgan fingerprint density at radius 3 is 2.54 bits per heavy atom. The number of nitrogens with zero attached hydrogens (tertiary/aromatic N) is 1. The van der Waals surface area contributed by atoms with Gasteiger partial charge in [0, 0.05) is 22.8 Å². The second kappa shape index (κ2) is 7.11. The van der Waals surface area contributed by atoms with Crippen LogP contribution in [-0.4, -0.2) is 15.9 Å². The summed E-state index contributed by atoms with van der Waals surface area (Å²) in [6, 6.07) is 21.5. The van der Waals surface area contributed by atoms with Gasteiger partial charge in [0.25, 0.3) is 0 Å². The fourth-order valence-electron chi connectivity index (χ4n) is 2.87. The summed E-state index contributed by atoms with van der Waals surface area (Å²) in [4.78, 5) is 19.9. The Labute approximate surface area is 151 Å². The van der Waals surface area contributed by atoms with Crippen molar-refractivity contribution in [2.45, 2.75) is 6.42 Å². The second-order valence-electron chi connectivity index (χ2n) is 6.01. The van der Waals surface area contributed by atoms with Crippen LogP contribution in [0.3, 0.4) is 0 Å². The lowest BCUT2D eigenvalue weighted by atomic mass is 10.1. The molecule has 3 N–H and O–H groups in total. The van der Waals surface area contributed by atoms with Crippen LogP contribution in [0.5, 0.6) is 0 Å². The van der Waals surface area contributed by atoms with Gasteiger partial charge in [-0.1, -0.05) is 36.4 Å². The summed E-state index contributed by atoms with van der Waals surface area (Å²) >= 11 is 0. The Hall–Kier alpha value is -3.60. The van der Waals surface area contributed by atoms with Gasteiger partial charge in [0.2, 0.25) is 5.91 Å². The smallest absolute Gasteiger partial charge is 0.228 e. The Morgan fingerprint density at radius 1 is 0.923 bits per heavy atom. The van der Waals surface area contributed by atoms with E-state index in [9.17, 15) is 4.79 Å². The van der Waals surface area contributed by atoms with Crippen LogP contribution in [0, 0.1) is 0 Å². The van der Waals surface area contributed by atoms with Gasteiger partial charge in [-0.2, -0.15) is 0 Å². The van der Waals surface area contributed by atoms with Crippen LogP contribution < -0.4 is 10.6 Å². The predicted octanol–water partition coefficient (Wildman–Crippen LogP) is 4.49. The lowest BCUT2D eigenvalue weighted by Crippen LogP contribution is -2.14. The number of pyridine rings is 1. The molecule has 0 radical (unpaired) electrons. The third kappa shape index (κ3) is 3.57. The lowest BCUT2D eigenvalue weighted by Gasteiger charge is -2.07. The van der Waals surface area contributed by atoms with Gasteiger partial charge in [-0.3, -0.25) is 4.79 Å². The number of carbonyl (C=O) groups excluding carboxylic acids is 1. The first-order chi connectivity index (χ1) is 12.8. The highest BCUT2D eigenvalue weighted by molar-refractivity contribution is 5.95. The molecular formula is C21H18N4O. The molecule has 0 unspecified atom stereocenters. The average molecular weight is 342 g/mol. The number of rotatable bonds is 5. The molecule has 0 saturated heterocycles. The third-order valence-electron chi connectivity index (χ3n) is 4.12. The van der Waals surface area contributed by atoms with E-state index >= 15 is 0 Å². The first kappa shape index (κ1) is 15.9. The van der Waals surface area contributed by atoms with E-state index in [1.165, 1.54) is 0 Å². The van der Waals surface area contributed by atoms with Gasteiger partial charge >= 0.3 is 0 Å². The first-order valence-corrected chi connectivity index (χ1v) is 8.41. The van der Waals surface area contributed by atoms with Crippen LogP contribution in [0.1, 0.15) is 5.56 Å². The number of nitrogens with one attached hydrogen (secondary N) is 3. The van der Waals surface area contributed by atoms with Crippen molar-refractivity contribution in [3.8, 4) is 0 Å². The number of carbonyl (C=O) groups is 1. The van der Waals surface area contributed by atoms with Gasteiger partial charge in [0.05, 0.1) is 18.3 Å². The molecule has 0 bridgehead atoms. The van der Waals surface area contributed by atoms with E-state index in [4.69, 9.17) is 0 Å². The number of para-hydroxylation sites is 2. The lowest BCUT2D eigenvalue weighted by molar-refractivity contribution is -0.115. The SMILES string of the molecule is O=C(Cc1c[nH]c2ccccc12)Nc1ccc(Nc2ccccc2)nc1. The van der Waals surface area contributed by atoms with Gasteiger partial charge in [0.15, 0.2) is 0 Å². The molecule has 128 valence electrons. The number of fused-ring (bicyclic) bond motifs is 1. The molecule has 0 spiro atoms. The highest BCUT2D eigenvalue weighted by atomic mass is 16.1. The molecule has 4 rings (SSSR count). The predicted molar refractivity (Wildman–Crippen MR) is 105 cm³/mol. The molecule has 2 heterocycles. The fraction of sp³-hybridized carbons (Fsp3) is 0.0476. The number of benzene rings is 2.